The van der Waals surface area contributed by atoms with Gasteiger partial charge in [-0.3, -0.25) is 9.59 Å². The Morgan fingerprint density at radius 3 is 2.53 bits per heavy atom. The standard InChI is InChI=1S/C15H25NO3/c1-4-5-6-7-8-14(17)16-11-13(9-12(2)3)10-15(18)19/h1,12-13H,5-11H2,2-3H3,(H,16,17)(H,18,19)/t13-/m0/s1. The van der Waals surface area contributed by atoms with Crippen molar-refractivity contribution in [2.75, 3.05) is 6.54 Å². The van der Waals surface area contributed by atoms with Gasteiger partial charge in [0.2, 0.25) is 5.91 Å². The van der Waals surface area contributed by atoms with Crippen molar-refractivity contribution in [1.29, 1.82) is 0 Å². The molecule has 1 atom stereocenters. The number of terminal acetylenes is 1. The molecule has 0 aliphatic heterocycles. The Morgan fingerprint density at radius 1 is 1.32 bits per heavy atom. The third kappa shape index (κ3) is 11.3. The fourth-order valence-corrected chi connectivity index (χ4v) is 2.01. The SMILES string of the molecule is C#CCCCCC(=O)NC[C@H](CC(=O)O)CC(C)C. The molecule has 0 rings (SSSR count). The highest BCUT2D eigenvalue weighted by atomic mass is 16.4. The Kier molecular flexibility index (Phi) is 9.60. The van der Waals surface area contributed by atoms with Gasteiger partial charge in [0.05, 0.1) is 0 Å². The average Bonchev–Trinajstić information content (AvgIpc) is 2.30. The number of carbonyl (C=O) groups excluding carboxylic acids is 1. The maximum atomic E-state index is 11.6. The van der Waals surface area contributed by atoms with E-state index in [-0.39, 0.29) is 18.2 Å². The molecular weight excluding hydrogens is 242 g/mol. The van der Waals surface area contributed by atoms with Crippen molar-refractivity contribution in [2.45, 2.75) is 52.4 Å². The minimum Gasteiger partial charge on any atom is -0.481 e. The van der Waals surface area contributed by atoms with Crippen LogP contribution in [0.3, 0.4) is 0 Å². The molecule has 4 nitrogen and oxygen atoms in total. The van der Waals surface area contributed by atoms with E-state index in [0.29, 0.717) is 25.3 Å². The second kappa shape index (κ2) is 10.4. The molecule has 19 heavy (non-hydrogen) atoms. The van der Waals surface area contributed by atoms with E-state index in [2.05, 4.69) is 25.1 Å². The smallest absolute Gasteiger partial charge is 0.303 e. The van der Waals surface area contributed by atoms with Gasteiger partial charge in [0, 0.05) is 25.8 Å². The van der Waals surface area contributed by atoms with Crippen LogP contribution in [-0.2, 0) is 9.59 Å². The lowest BCUT2D eigenvalue weighted by Gasteiger charge is -2.17. The lowest BCUT2D eigenvalue weighted by molar-refractivity contribution is -0.138. The van der Waals surface area contributed by atoms with Gasteiger partial charge >= 0.3 is 5.97 Å². The van der Waals surface area contributed by atoms with Crippen LogP contribution in [0.15, 0.2) is 0 Å². The Hall–Kier alpha value is -1.50. The predicted molar refractivity (Wildman–Crippen MR) is 75.5 cm³/mol. The van der Waals surface area contributed by atoms with Crippen LogP contribution in [0.1, 0.15) is 52.4 Å². The van der Waals surface area contributed by atoms with Gasteiger partial charge in [-0.1, -0.05) is 13.8 Å². The van der Waals surface area contributed by atoms with Crippen LogP contribution in [0, 0.1) is 24.2 Å². The molecule has 0 aliphatic carbocycles. The minimum absolute atomic E-state index is 0.00663. The first-order valence-corrected chi connectivity index (χ1v) is 6.87. The van der Waals surface area contributed by atoms with E-state index in [1.54, 1.807) is 0 Å². The molecule has 0 radical (unpaired) electrons. The summed E-state index contributed by atoms with van der Waals surface area (Å²) < 4.78 is 0. The third-order valence-electron chi connectivity index (χ3n) is 2.83. The molecule has 1 amide bonds. The summed E-state index contributed by atoms with van der Waals surface area (Å²) in [5.74, 6) is 2.14. The second-order valence-electron chi connectivity index (χ2n) is 5.31. The molecule has 0 fully saturated rings. The van der Waals surface area contributed by atoms with Crippen molar-refractivity contribution in [1.82, 2.24) is 5.32 Å². The molecule has 0 aliphatic rings. The van der Waals surface area contributed by atoms with Gasteiger partial charge in [-0.15, -0.1) is 12.3 Å². The van der Waals surface area contributed by atoms with E-state index in [1.807, 2.05) is 0 Å². The van der Waals surface area contributed by atoms with Gasteiger partial charge in [0.15, 0.2) is 0 Å². The minimum atomic E-state index is -0.811. The van der Waals surface area contributed by atoms with Crippen LogP contribution < -0.4 is 5.32 Å². The summed E-state index contributed by atoms with van der Waals surface area (Å²) in [6, 6.07) is 0. The summed E-state index contributed by atoms with van der Waals surface area (Å²) in [6.45, 7) is 4.55. The van der Waals surface area contributed by atoms with E-state index in [4.69, 9.17) is 11.5 Å². The molecule has 0 unspecified atom stereocenters. The molecule has 2 N–H and O–H groups in total. The highest BCUT2D eigenvalue weighted by Crippen LogP contribution is 2.14. The fraction of sp³-hybridized carbons (Fsp3) is 0.733. The van der Waals surface area contributed by atoms with E-state index < -0.39 is 5.97 Å². The number of aliphatic carboxylic acids is 1. The van der Waals surface area contributed by atoms with Gasteiger partial charge in [-0.2, -0.15) is 0 Å². The van der Waals surface area contributed by atoms with E-state index >= 15 is 0 Å². The summed E-state index contributed by atoms with van der Waals surface area (Å²) in [5, 5.41) is 11.6. The predicted octanol–water partition coefficient (Wildman–Crippen LogP) is 2.43. The zero-order chi connectivity index (χ0) is 14.7. The van der Waals surface area contributed by atoms with Gasteiger partial charge in [-0.05, 0) is 31.1 Å². The fourth-order valence-electron chi connectivity index (χ4n) is 2.01. The highest BCUT2D eigenvalue weighted by Gasteiger charge is 2.15. The number of carboxylic acid groups (broad SMARTS) is 1. The topological polar surface area (TPSA) is 66.4 Å². The van der Waals surface area contributed by atoms with Gasteiger partial charge < -0.3 is 10.4 Å². The summed E-state index contributed by atoms with van der Waals surface area (Å²) >= 11 is 0. The Balaban J connectivity index is 3.92. The first-order valence-electron chi connectivity index (χ1n) is 6.87. The summed E-state index contributed by atoms with van der Waals surface area (Å²) in [6.07, 6.45) is 8.84. The van der Waals surface area contributed by atoms with Crippen molar-refractivity contribution in [2.24, 2.45) is 11.8 Å². The normalized spacial score (nSPS) is 11.9. The summed E-state index contributed by atoms with van der Waals surface area (Å²) in [7, 11) is 0. The highest BCUT2D eigenvalue weighted by molar-refractivity contribution is 5.75. The first kappa shape index (κ1) is 17.5. The molecule has 0 spiro atoms. The van der Waals surface area contributed by atoms with Crippen molar-refractivity contribution in [3.05, 3.63) is 0 Å². The Morgan fingerprint density at radius 2 is 2.00 bits per heavy atom. The van der Waals surface area contributed by atoms with Crippen LogP contribution in [0.4, 0.5) is 0 Å². The molecule has 0 heterocycles. The lowest BCUT2D eigenvalue weighted by atomic mass is 9.94. The van der Waals surface area contributed by atoms with Gasteiger partial charge in [-0.25, -0.2) is 0 Å². The maximum absolute atomic E-state index is 11.6. The van der Waals surface area contributed by atoms with Gasteiger partial charge in [0.1, 0.15) is 0 Å². The van der Waals surface area contributed by atoms with E-state index in [9.17, 15) is 9.59 Å². The molecule has 4 heteroatoms. The molecule has 0 aromatic heterocycles. The van der Waals surface area contributed by atoms with Crippen molar-refractivity contribution >= 4 is 11.9 Å². The van der Waals surface area contributed by atoms with E-state index in [0.717, 1.165) is 19.3 Å². The molecule has 0 bridgehead atoms. The van der Waals surface area contributed by atoms with Crippen LogP contribution in [-0.4, -0.2) is 23.5 Å². The summed E-state index contributed by atoms with van der Waals surface area (Å²) in [4.78, 5) is 22.3. The van der Waals surface area contributed by atoms with Crippen LogP contribution in [0.2, 0.25) is 0 Å². The average molecular weight is 267 g/mol. The van der Waals surface area contributed by atoms with Crippen molar-refractivity contribution < 1.29 is 14.7 Å². The molecule has 0 aromatic rings. The zero-order valence-corrected chi connectivity index (χ0v) is 11.9. The number of carboxylic acids is 1. The van der Waals surface area contributed by atoms with Crippen LogP contribution >= 0.6 is 0 Å². The van der Waals surface area contributed by atoms with Crippen LogP contribution in [0.5, 0.6) is 0 Å². The second-order valence-corrected chi connectivity index (χ2v) is 5.31. The molecule has 0 aromatic carbocycles. The third-order valence-corrected chi connectivity index (χ3v) is 2.83. The number of amides is 1. The quantitative estimate of drug-likeness (QED) is 0.472. The number of hydrogen-bond acceptors (Lipinski definition) is 2. The molecule has 0 saturated carbocycles. The number of unbranched alkanes of at least 4 members (excludes halogenated alkanes) is 2. The lowest BCUT2D eigenvalue weighted by Crippen LogP contribution is -2.30. The summed E-state index contributed by atoms with van der Waals surface area (Å²) in [5.41, 5.74) is 0. The monoisotopic (exact) mass is 267 g/mol. The van der Waals surface area contributed by atoms with Gasteiger partial charge in [0.25, 0.3) is 0 Å². The Labute approximate surface area is 116 Å². The number of nitrogens with one attached hydrogen (secondary N) is 1. The molecular formula is C15H25NO3. The van der Waals surface area contributed by atoms with E-state index in [1.165, 1.54) is 0 Å². The van der Waals surface area contributed by atoms with Crippen molar-refractivity contribution in [3.8, 4) is 12.3 Å². The number of rotatable bonds is 10. The molecule has 108 valence electrons. The zero-order valence-electron chi connectivity index (χ0n) is 11.9. The molecule has 0 saturated heterocycles. The maximum Gasteiger partial charge on any atom is 0.303 e. The van der Waals surface area contributed by atoms with Crippen LogP contribution in [0.25, 0.3) is 0 Å². The largest absolute Gasteiger partial charge is 0.481 e. The van der Waals surface area contributed by atoms with Crippen molar-refractivity contribution in [3.63, 3.8) is 0 Å². The Bertz CT molecular complexity index is 318. The number of hydrogen-bond donors (Lipinski definition) is 2. The number of carbonyl (C=O) groups is 2. The first-order chi connectivity index (χ1) is 8.95.